The maximum Gasteiger partial charge on any atom is 0.336 e. The lowest BCUT2D eigenvalue weighted by Crippen LogP contribution is -1.99. The molecule has 1 N–H and O–H groups in total. The molecule has 4 nitrogen and oxygen atoms in total. The SMILES string of the molecule is N#Cc1cc(-c2ccccc2C(=O)O)ccn1. The first-order valence-corrected chi connectivity index (χ1v) is 4.91. The summed E-state index contributed by atoms with van der Waals surface area (Å²) < 4.78 is 0. The van der Waals surface area contributed by atoms with Crippen molar-refractivity contribution in [1.29, 1.82) is 5.26 Å². The third-order valence-electron chi connectivity index (χ3n) is 2.34. The standard InChI is InChI=1S/C13H8N2O2/c14-8-10-7-9(5-6-15-10)11-3-1-2-4-12(11)13(16)17/h1-7H,(H,16,17). The number of aromatic carboxylic acids is 1. The molecule has 0 radical (unpaired) electrons. The van der Waals surface area contributed by atoms with E-state index in [0.717, 1.165) is 0 Å². The zero-order valence-corrected chi connectivity index (χ0v) is 8.79. The second-order valence-electron chi connectivity index (χ2n) is 3.39. The van der Waals surface area contributed by atoms with E-state index in [2.05, 4.69) is 4.98 Å². The zero-order chi connectivity index (χ0) is 12.3. The third kappa shape index (κ3) is 2.13. The molecular formula is C13H8N2O2. The number of nitriles is 1. The maximum absolute atomic E-state index is 11.1. The summed E-state index contributed by atoms with van der Waals surface area (Å²) in [5, 5.41) is 17.8. The molecule has 0 saturated heterocycles. The van der Waals surface area contributed by atoms with Crippen LogP contribution in [-0.2, 0) is 0 Å². The topological polar surface area (TPSA) is 74.0 Å². The first-order valence-electron chi connectivity index (χ1n) is 4.91. The molecular weight excluding hydrogens is 216 g/mol. The summed E-state index contributed by atoms with van der Waals surface area (Å²) in [6, 6.07) is 11.8. The highest BCUT2D eigenvalue weighted by atomic mass is 16.4. The fourth-order valence-corrected chi connectivity index (χ4v) is 1.58. The number of carboxylic acids is 1. The minimum Gasteiger partial charge on any atom is -0.478 e. The smallest absolute Gasteiger partial charge is 0.336 e. The Labute approximate surface area is 97.8 Å². The van der Waals surface area contributed by atoms with Gasteiger partial charge in [-0.2, -0.15) is 5.26 Å². The van der Waals surface area contributed by atoms with Gasteiger partial charge in [0.05, 0.1) is 5.56 Å². The summed E-state index contributed by atoms with van der Waals surface area (Å²) in [6.07, 6.45) is 1.49. The van der Waals surface area contributed by atoms with Crippen molar-refractivity contribution in [2.45, 2.75) is 0 Å². The van der Waals surface area contributed by atoms with Crippen LogP contribution in [0.3, 0.4) is 0 Å². The Morgan fingerprint density at radius 2 is 2.06 bits per heavy atom. The van der Waals surface area contributed by atoms with E-state index in [-0.39, 0.29) is 11.3 Å². The monoisotopic (exact) mass is 224 g/mol. The fraction of sp³-hybridized carbons (Fsp3) is 0. The summed E-state index contributed by atoms with van der Waals surface area (Å²) in [5.41, 5.74) is 1.73. The average Bonchev–Trinajstić information content (AvgIpc) is 2.39. The molecule has 1 aromatic carbocycles. The second kappa shape index (κ2) is 4.45. The van der Waals surface area contributed by atoms with E-state index in [1.807, 2.05) is 6.07 Å². The number of rotatable bonds is 2. The number of carbonyl (C=O) groups is 1. The molecule has 0 spiro atoms. The largest absolute Gasteiger partial charge is 0.478 e. The number of aromatic nitrogens is 1. The Bertz CT molecular complexity index is 615. The van der Waals surface area contributed by atoms with Crippen LogP contribution in [-0.4, -0.2) is 16.1 Å². The van der Waals surface area contributed by atoms with Gasteiger partial charge < -0.3 is 5.11 Å². The van der Waals surface area contributed by atoms with Crippen LogP contribution >= 0.6 is 0 Å². The molecule has 1 aromatic heterocycles. The van der Waals surface area contributed by atoms with E-state index in [9.17, 15) is 4.79 Å². The predicted molar refractivity (Wildman–Crippen MR) is 61.3 cm³/mol. The average molecular weight is 224 g/mol. The lowest BCUT2D eigenvalue weighted by Gasteiger charge is -2.05. The van der Waals surface area contributed by atoms with E-state index >= 15 is 0 Å². The Balaban J connectivity index is 2.61. The molecule has 2 rings (SSSR count). The zero-order valence-electron chi connectivity index (χ0n) is 8.79. The van der Waals surface area contributed by atoms with Gasteiger partial charge in [-0.1, -0.05) is 18.2 Å². The maximum atomic E-state index is 11.1. The quantitative estimate of drug-likeness (QED) is 0.849. The minimum absolute atomic E-state index is 0.211. The van der Waals surface area contributed by atoms with Crippen LogP contribution in [0.25, 0.3) is 11.1 Å². The van der Waals surface area contributed by atoms with Crippen molar-refractivity contribution in [3.63, 3.8) is 0 Å². The first kappa shape index (κ1) is 10.8. The van der Waals surface area contributed by atoms with Crippen LogP contribution in [0.15, 0.2) is 42.6 Å². The van der Waals surface area contributed by atoms with Crippen LogP contribution < -0.4 is 0 Å². The van der Waals surface area contributed by atoms with Gasteiger partial charge in [0.1, 0.15) is 11.8 Å². The summed E-state index contributed by atoms with van der Waals surface area (Å²) >= 11 is 0. The van der Waals surface area contributed by atoms with Crippen LogP contribution in [0.5, 0.6) is 0 Å². The Kier molecular flexibility index (Phi) is 2.84. The van der Waals surface area contributed by atoms with Gasteiger partial charge >= 0.3 is 5.97 Å². The molecule has 1 heterocycles. The van der Waals surface area contributed by atoms with E-state index in [0.29, 0.717) is 11.1 Å². The molecule has 82 valence electrons. The minimum atomic E-state index is -0.990. The van der Waals surface area contributed by atoms with Crippen LogP contribution in [0.2, 0.25) is 0 Å². The van der Waals surface area contributed by atoms with E-state index in [1.165, 1.54) is 12.3 Å². The lowest BCUT2D eigenvalue weighted by molar-refractivity contribution is 0.0697. The van der Waals surface area contributed by atoms with Crippen LogP contribution in [0, 0.1) is 11.3 Å². The predicted octanol–water partition coefficient (Wildman–Crippen LogP) is 2.32. The number of carboxylic acid groups (broad SMARTS) is 1. The molecule has 0 atom stereocenters. The molecule has 0 fully saturated rings. The van der Waals surface area contributed by atoms with Gasteiger partial charge in [-0.25, -0.2) is 9.78 Å². The van der Waals surface area contributed by atoms with Crippen LogP contribution in [0.1, 0.15) is 16.1 Å². The summed E-state index contributed by atoms with van der Waals surface area (Å²) in [4.78, 5) is 14.9. The van der Waals surface area contributed by atoms with Crippen molar-refractivity contribution in [3.05, 3.63) is 53.9 Å². The van der Waals surface area contributed by atoms with Gasteiger partial charge in [0.2, 0.25) is 0 Å². The van der Waals surface area contributed by atoms with E-state index < -0.39 is 5.97 Å². The van der Waals surface area contributed by atoms with E-state index in [4.69, 9.17) is 10.4 Å². The molecule has 2 aromatic rings. The van der Waals surface area contributed by atoms with Crippen LogP contribution in [0.4, 0.5) is 0 Å². The first-order chi connectivity index (χ1) is 8.22. The molecule has 0 amide bonds. The van der Waals surface area contributed by atoms with Gasteiger partial charge in [-0.05, 0) is 29.3 Å². The summed E-state index contributed by atoms with van der Waals surface area (Å²) in [5.74, 6) is -0.990. The number of nitrogens with zero attached hydrogens (tertiary/aromatic N) is 2. The molecule has 0 saturated carbocycles. The Morgan fingerprint density at radius 3 is 2.76 bits per heavy atom. The molecule has 0 unspecified atom stereocenters. The number of hydrogen-bond donors (Lipinski definition) is 1. The van der Waals surface area contributed by atoms with Crippen molar-refractivity contribution in [2.24, 2.45) is 0 Å². The number of pyridine rings is 1. The molecule has 4 heteroatoms. The van der Waals surface area contributed by atoms with Gasteiger partial charge in [-0.15, -0.1) is 0 Å². The second-order valence-corrected chi connectivity index (χ2v) is 3.39. The molecule has 0 bridgehead atoms. The van der Waals surface area contributed by atoms with Gasteiger partial charge in [0.15, 0.2) is 0 Å². The van der Waals surface area contributed by atoms with E-state index in [1.54, 1.807) is 30.3 Å². The van der Waals surface area contributed by atoms with Crippen molar-refractivity contribution in [2.75, 3.05) is 0 Å². The summed E-state index contributed by atoms with van der Waals surface area (Å²) in [6.45, 7) is 0. The number of benzene rings is 1. The molecule has 0 aliphatic rings. The van der Waals surface area contributed by atoms with Crippen molar-refractivity contribution < 1.29 is 9.90 Å². The normalized spacial score (nSPS) is 9.59. The number of hydrogen-bond acceptors (Lipinski definition) is 3. The lowest BCUT2D eigenvalue weighted by atomic mass is 10.0. The molecule has 17 heavy (non-hydrogen) atoms. The highest BCUT2D eigenvalue weighted by Gasteiger charge is 2.10. The Hall–Kier alpha value is -2.67. The van der Waals surface area contributed by atoms with Crippen molar-refractivity contribution in [1.82, 2.24) is 4.98 Å². The van der Waals surface area contributed by atoms with Gasteiger partial charge in [0, 0.05) is 6.20 Å². The van der Waals surface area contributed by atoms with Crippen molar-refractivity contribution >= 4 is 5.97 Å². The fourth-order valence-electron chi connectivity index (χ4n) is 1.58. The summed E-state index contributed by atoms with van der Waals surface area (Å²) in [7, 11) is 0. The third-order valence-corrected chi connectivity index (χ3v) is 2.34. The van der Waals surface area contributed by atoms with Crippen molar-refractivity contribution in [3.8, 4) is 17.2 Å². The van der Waals surface area contributed by atoms with Gasteiger partial charge in [-0.3, -0.25) is 0 Å². The molecule has 0 aliphatic heterocycles. The molecule has 0 aliphatic carbocycles. The highest BCUT2D eigenvalue weighted by Crippen LogP contribution is 2.23. The van der Waals surface area contributed by atoms with Gasteiger partial charge in [0.25, 0.3) is 0 Å². The Morgan fingerprint density at radius 1 is 1.29 bits per heavy atom. The highest BCUT2D eigenvalue weighted by molar-refractivity contribution is 5.96.